The van der Waals surface area contributed by atoms with Gasteiger partial charge in [-0.3, -0.25) is 8.98 Å². The van der Waals surface area contributed by atoms with E-state index in [4.69, 9.17) is 13.7 Å². The Morgan fingerprint density at radius 2 is 1.60 bits per heavy atom. The Labute approximate surface area is 176 Å². The van der Waals surface area contributed by atoms with E-state index in [0.29, 0.717) is 0 Å². The van der Waals surface area contributed by atoms with Gasteiger partial charge in [-0.15, -0.1) is 0 Å². The molecule has 0 aliphatic heterocycles. The molecule has 7 heteroatoms. The molecule has 0 aromatic heterocycles. The molecule has 0 N–H and O–H groups in total. The summed E-state index contributed by atoms with van der Waals surface area (Å²) in [5.74, 6) is -0.173. The molecule has 3 rings (SSSR count). The first kappa shape index (κ1) is 21.8. The molecule has 0 aliphatic rings. The number of aryl methyl sites for hydroxylation is 1. The predicted molar refractivity (Wildman–Crippen MR) is 114 cm³/mol. The fourth-order valence-corrected chi connectivity index (χ4v) is 3.85. The van der Waals surface area contributed by atoms with Crippen LogP contribution in [0.3, 0.4) is 0 Å². The first-order chi connectivity index (χ1) is 14.3. The Morgan fingerprint density at radius 3 is 2.30 bits per heavy atom. The summed E-state index contributed by atoms with van der Waals surface area (Å²) in [6, 6.07) is 17.8. The van der Waals surface area contributed by atoms with Crippen LogP contribution in [0.25, 0.3) is 10.8 Å². The van der Waals surface area contributed by atoms with E-state index in [2.05, 4.69) is 0 Å². The van der Waals surface area contributed by atoms with Crippen LogP contribution in [0.4, 0.5) is 0 Å². The standard InChI is InChI=1S/C23H24O6S/c1-16-4-10-22(11-5-16)30(25,26)29-13-12-28-23(24)17(2)18-6-7-20-15-21(27-3)9-8-19(20)14-18/h4-11,14-15,17H,12-13H2,1-3H3. The summed E-state index contributed by atoms with van der Waals surface area (Å²) in [6.07, 6.45) is 0. The average Bonchev–Trinajstić information content (AvgIpc) is 2.75. The molecule has 3 aromatic rings. The van der Waals surface area contributed by atoms with Gasteiger partial charge in [0.15, 0.2) is 0 Å². The van der Waals surface area contributed by atoms with Crippen molar-refractivity contribution in [2.24, 2.45) is 0 Å². The van der Waals surface area contributed by atoms with Gasteiger partial charge in [0.1, 0.15) is 19.0 Å². The highest BCUT2D eigenvalue weighted by molar-refractivity contribution is 7.86. The number of hydrogen-bond acceptors (Lipinski definition) is 6. The smallest absolute Gasteiger partial charge is 0.313 e. The summed E-state index contributed by atoms with van der Waals surface area (Å²) in [6.45, 7) is 3.21. The van der Waals surface area contributed by atoms with E-state index in [1.807, 2.05) is 43.3 Å². The van der Waals surface area contributed by atoms with Gasteiger partial charge in [-0.1, -0.05) is 42.0 Å². The number of benzene rings is 3. The van der Waals surface area contributed by atoms with Crippen molar-refractivity contribution < 1.29 is 26.9 Å². The number of carbonyl (C=O) groups is 1. The molecular weight excluding hydrogens is 404 g/mol. The Balaban J connectivity index is 1.55. The van der Waals surface area contributed by atoms with Crippen molar-refractivity contribution in [1.29, 1.82) is 0 Å². The molecule has 158 valence electrons. The Kier molecular flexibility index (Phi) is 6.74. The molecule has 30 heavy (non-hydrogen) atoms. The van der Waals surface area contributed by atoms with Gasteiger partial charge >= 0.3 is 5.97 Å². The summed E-state index contributed by atoms with van der Waals surface area (Å²) in [5.41, 5.74) is 1.76. The van der Waals surface area contributed by atoms with Crippen molar-refractivity contribution in [3.63, 3.8) is 0 Å². The lowest BCUT2D eigenvalue weighted by atomic mass is 9.98. The van der Waals surface area contributed by atoms with Gasteiger partial charge in [-0.2, -0.15) is 8.42 Å². The molecule has 0 aliphatic carbocycles. The third-order valence-electron chi connectivity index (χ3n) is 4.80. The highest BCUT2D eigenvalue weighted by atomic mass is 32.2. The molecule has 0 saturated heterocycles. The van der Waals surface area contributed by atoms with Gasteiger partial charge in [0, 0.05) is 0 Å². The lowest BCUT2D eigenvalue weighted by Gasteiger charge is -2.13. The molecule has 0 saturated carbocycles. The van der Waals surface area contributed by atoms with Crippen molar-refractivity contribution >= 4 is 26.9 Å². The molecule has 0 amide bonds. The zero-order valence-corrected chi connectivity index (χ0v) is 17.9. The molecular formula is C23H24O6S. The zero-order chi connectivity index (χ0) is 21.7. The summed E-state index contributed by atoms with van der Waals surface area (Å²) in [5, 5.41) is 1.99. The molecule has 6 nitrogen and oxygen atoms in total. The minimum absolute atomic E-state index is 0.0700. The minimum Gasteiger partial charge on any atom is -0.497 e. The van der Waals surface area contributed by atoms with Gasteiger partial charge in [0.2, 0.25) is 0 Å². The Hall–Kier alpha value is -2.90. The van der Waals surface area contributed by atoms with E-state index in [-0.39, 0.29) is 18.1 Å². The van der Waals surface area contributed by atoms with Gasteiger partial charge in [-0.25, -0.2) is 0 Å². The second-order valence-electron chi connectivity index (χ2n) is 6.95. The fourth-order valence-electron chi connectivity index (χ4n) is 2.96. The number of rotatable bonds is 8. The number of carbonyl (C=O) groups excluding carboxylic acids is 1. The second-order valence-corrected chi connectivity index (χ2v) is 8.57. The van der Waals surface area contributed by atoms with Crippen LogP contribution in [-0.2, 0) is 23.8 Å². The van der Waals surface area contributed by atoms with Crippen molar-refractivity contribution in [1.82, 2.24) is 0 Å². The Bertz CT molecular complexity index is 1140. The van der Waals surface area contributed by atoms with Gasteiger partial charge in [0.25, 0.3) is 10.1 Å². The highest BCUT2D eigenvalue weighted by Gasteiger charge is 2.19. The van der Waals surface area contributed by atoms with E-state index in [1.165, 1.54) is 12.1 Å². The maximum absolute atomic E-state index is 12.4. The van der Waals surface area contributed by atoms with E-state index in [1.54, 1.807) is 26.2 Å². The summed E-state index contributed by atoms with van der Waals surface area (Å²) >= 11 is 0. The molecule has 0 fully saturated rings. The molecule has 3 aromatic carbocycles. The number of esters is 1. The number of fused-ring (bicyclic) bond motifs is 1. The molecule has 1 atom stereocenters. The summed E-state index contributed by atoms with van der Waals surface area (Å²) in [4.78, 5) is 12.4. The highest BCUT2D eigenvalue weighted by Crippen LogP contribution is 2.25. The first-order valence-electron chi connectivity index (χ1n) is 9.50. The average molecular weight is 429 g/mol. The van der Waals surface area contributed by atoms with Crippen LogP contribution < -0.4 is 4.74 Å². The molecule has 0 bridgehead atoms. The van der Waals surface area contributed by atoms with Gasteiger partial charge < -0.3 is 9.47 Å². The van der Waals surface area contributed by atoms with Crippen LogP contribution in [0.5, 0.6) is 5.75 Å². The summed E-state index contributed by atoms with van der Waals surface area (Å²) in [7, 11) is -2.26. The van der Waals surface area contributed by atoms with E-state index < -0.39 is 22.0 Å². The van der Waals surface area contributed by atoms with Crippen LogP contribution in [0.2, 0.25) is 0 Å². The van der Waals surface area contributed by atoms with E-state index >= 15 is 0 Å². The SMILES string of the molecule is COc1ccc2cc(C(C)C(=O)OCCOS(=O)(=O)c3ccc(C)cc3)ccc2c1. The normalized spacial score (nSPS) is 12.5. The topological polar surface area (TPSA) is 78.9 Å². The minimum atomic E-state index is -3.88. The third kappa shape index (κ3) is 5.17. The van der Waals surface area contributed by atoms with Crippen LogP contribution in [0.15, 0.2) is 65.6 Å². The third-order valence-corrected chi connectivity index (χ3v) is 6.13. The quantitative estimate of drug-likeness (QED) is 0.304. The predicted octanol–water partition coefficient (Wildman–Crippen LogP) is 4.21. The molecule has 0 spiro atoms. The number of methoxy groups -OCH3 is 1. The second kappa shape index (κ2) is 9.28. The van der Waals surface area contributed by atoms with Crippen LogP contribution in [-0.4, -0.2) is 34.7 Å². The molecule has 0 heterocycles. The van der Waals surface area contributed by atoms with Crippen LogP contribution in [0.1, 0.15) is 24.0 Å². The molecule has 1 unspecified atom stereocenters. The van der Waals surface area contributed by atoms with Crippen LogP contribution >= 0.6 is 0 Å². The van der Waals surface area contributed by atoms with Crippen LogP contribution in [0, 0.1) is 6.92 Å². The fraction of sp³-hybridized carbons (Fsp3) is 0.261. The van der Waals surface area contributed by atoms with Crippen molar-refractivity contribution in [2.75, 3.05) is 20.3 Å². The van der Waals surface area contributed by atoms with E-state index in [0.717, 1.165) is 27.6 Å². The van der Waals surface area contributed by atoms with Crippen molar-refractivity contribution in [3.05, 3.63) is 71.8 Å². The van der Waals surface area contributed by atoms with Crippen molar-refractivity contribution in [2.45, 2.75) is 24.7 Å². The van der Waals surface area contributed by atoms with Crippen molar-refractivity contribution in [3.8, 4) is 5.75 Å². The lowest BCUT2D eigenvalue weighted by Crippen LogP contribution is -2.18. The number of ether oxygens (including phenoxy) is 2. The maximum Gasteiger partial charge on any atom is 0.313 e. The lowest BCUT2D eigenvalue weighted by molar-refractivity contribution is -0.145. The monoisotopic (exact) mass is 428 g/mol. The van der Waals surface area contributed by atoms with E-state index in [9.17, 15) is 13.2 Å². The number of hydrogen-bond donors (Lipinski definition) is 0. The van der Waals surface area contributed by atoms with Gasteiger partial charge in [-0.05, 0) is 54.4 Å². The Morgan fingerprint density at radius 1 is 0.933 bits per heavy atom. The largest absolute Gasteiger partial charge is 0.497 e. The maximum atomic E-state index is 12.4. The van der Waals surface area contributed by atoms with Gasteiger partial charge in [0.05, 0.1) is 17.9 Å². The molecule has 0 radical (unpaired) electrons. The zero-order valence-electron chi connectivity index (χ0n) is 17.1. The first-order valence-corrected chi connectivity index (χ1v) is 10.9. The summed E-state index contributed by atoms with van der Waals surface area (Å²) < 4.78 is 39.7.